The van der Waals surface area contributed by atoms with Crippen molar-refractivity contribution in [2.75, 3.05) is 24.3 Å². The van der Waals surface area contributed by atoms with E-state index in [0.717, 1.165) is 0 Å². The molecule has 0 saturated heterocycles. The number of ether oxygens (including phenoxy) is 1. The second-order valence-electron chi connectivity index (χ2n) is 5.79. The first kappa shape index (κ1) is 18.9. The number of carbonyl (C=O) groups excluding carboxylic acids is 1. The monoisotopic (exact) mass is 402 g/mol. The van der Waals surface area contributed by atoms with Crippen LogP contribution in [0.2, 0.25) is 10.0 Å². The Morgan fingerprint density at radius 3 is 2.52 bits per heavy atom. The quantitative estimate of drug-likeness (QED) is 0.657. The number of rotatable bonds is 5. The summed E-state index contributed by atoms with van der Waals surface area (Å²) in [4.78, 5) is 22.6. The van der Waals surface area contributed by atoms with Gasteiger partial charge in [-0.25, -0.2) is 9.97 Å². The average Bonchev–Trinajstić information content (AvgIpc) is 2.65. The van der Waals surface area contributed by atoms with E-state index < -0.39 is 0 Å². The van der Waals surface area contributed by atoms with Gasteiger partial charge in [0, 0.05) is 32.2 Å². The topological polar surface area (TPSA) is 67.4 Å². The van der Waals surface area contributed by atoms with Crippen LogP contribution in [-0.4, -0.2) is 30.0 Å². The van der Waals surface area contributed by atoms with E-state index in [1.807, 2.05) is 14.1 Å². The molecule has 138 valence electrons. The van der Waals surface area contributed by atoms with Crippen LogP contribution in [-0.2, 0) is 0 Å². The number of carbonyl (C=O) groups is 1. The van der Waals surface area contributed by atoms with Crippen LogP contribution in [0.25, 0.3) is 0 Å². The van der Waals surface area contributed by atoms with Crippen molar-refractivity contribution in [3.8, 4) is 11.6 Å². The first-order valence-corrected chi connectivity index (χ1v) is 8.72. The molecule has 0 fully saturated rings. The molecule has 8 heteroatoms. The van der Waals surface area contributed by atoms with Crippen molar-refractivity contribution in [3.05, 3.63) is 70.5 Å². The molecule has 0 spiro atoms. The number of benzene rings is 1. The molecule has 0 aliphatic carbocycles. The third-order valence-corrected chi connectivity index (χ3v) is 4.03. The third-order valence-electron chi connectivity index (χ3n) is 3.56. The summed E-state index contributed by atoms with van der Waals surface area (Å²) in [5.74, 6) is 1.13. The Hall–Kier alpha value is -2.83. The normalized spacial score (nSPS) is 10.4. The Balaban J connectivity index is 1.72. The number of aromatic nitrogens is 2. The van der Waals surface area contributed by atoms with Crippen LogP contribution in [0.1, 0.15) is 10.4 Å². The SMILES string of the molecule is CN(C)c1ncccc1C(=O)Nc1ccc(Oc2ncc(Cl)cc2Cl)cc1. The fraction of sp³-hybridized carbons (Fsp3) is 0.105. The molecule has 2 heterocycles. The molecule has 0 aliphatic rings. The summed E-state index contributed by atoms with van der Waals surface area (Å²) in [5.41, 5.74) is 1.11. The van der Waals surface area contributed by atoms with Gasteiger partial charge in [-0.2, -0.15) is 0 Å². The predicted molar refractivity (Wildman–Crippen MR) is 107 cm³/mol. The average molecular weight is 403 g/mol. The van der Waals surface area contributed by atoms with Gasteiger partial charge in [-0.3, -0.25) is 4.79 Å². The Labute approximate surface area is 166 Å². The summed E-state index contributed by atoms with van der Waals surface area (Å²) in [6.07, 6.45) is 3.10. The Kier molecular flexibility index (Phi) is 5.78. The Morgan fingerprint density at radius 2 is 1.85 bits per heavy atom. The summed E-state index contributed by atoms with van der Waals surface area (Å²) in [5, 5.41) is 3.58. The number of hydrogen-bond acceptors (Lipinski definition) is 5. The van der Waals surface area contributed by atoms with E-state index >= 15 is 0 Å². The minimum Gasteiger partial charge on any atom is -0.438 e. The van der Waals surface area contributed by atoms with E-state index in [4.69, 9.17) is 27.9 Å². The van der Waals surface area contributed by atoms with Crippen LogP contribution in [0, 0.1) is 0 Å². The second kappa shape index (κ2) is 8.24. The molecule has 3 aromatic rings. The van der Waals surface area contributed by atoms with Gasteiger partial charge in [0.15, 0.2) is 0 Å². The molecule has 1 aromatic carbocycles. The van der Waals surface area contributed by atoms with Gasteiger partial charge in [0.25, 0.3) is 5.91 Å². The standard InChI is InChI=1S/C19H16Cl2N4O2/c1-25(2)17-15(4-3-9-22-17)18(26)24-13-5-7-14(8-6-13)27-19-16(21)10-12(20)11-23-19/h3-11H,1-2H3,(H,24,26). The van der Waals surface area contributed by atoms with Crippen LogP contribution in [0.3, 0.4) is 0 Å². The highest BCUT2D eigenvalue weighted by Crippen LogP contribution is 2.29. The van der Waals surface area contributed by atoms with E-state index in [-0.39, 0.29) is 11.8 Å². The lowest BCUT2D eigenvalue weighted by Gasteiger charge is -2.15. The fourth-order valence-electron chi connectivity index (χ4n) is 2.32. The molecule has 0 radical (unpaired) electrons. The molecular weight excluding hydrogens is 387 g/mol. The smallest absolute Gasteiger partial charge is 0.259 e. The molecule has 0 unspecified atom stereocenters. The third kappa shape index (κ3) is 4.67. The van der Waals surface area contributed by atoms with Crippen molar-refractivity contribution in [1.29, 1.82) is 0 Å². The van der Waals surface area contributed by atoms with Crippen molar-refractivity contribution in [2.24, 2.45) is 0 Å². The minimum atomic E-state index is -0.247. The maximum Gasteiger partial charge on any atom is 0.259 e. The summed E-state index contributed by atoms with van der Waals surface area (Å²) >= 11 is 11.9. The minimum absolute atomic E-state index is 0.247. The lowest BCUT2D eigenvalue weighted by Crippen LogP contribution is -2.19. The number of nitrogens with one attached hydrogen (secondary N) is 1. The summed E-state index contributed by atoms with van der Waals surface area (Å²) in [6.45, 7) is 0. The molecule has 1 N–H and O–H groups in total. The lowest BCUT2D eigenvalue weighted by atomic mass is 10.2. The molecule has 0 bridgehead atoms. The van der Waals surface area contributed by atoms with E-state index in [1.165, 1.54) is 6.20 Å². The van der Waals surface area contributed by atoms with Gasteiger partial charge in [0.05, 0.1) is 10.6 Å². The number of hydrogen-bond donors (Lipinski definition) is 1. The van der Waals surface area contributed by atoms with Crippen LogP contribution >= 0.6 is 23.2 Å². The highest BCUT2D eigenvalue weighted by atomic mass is 35.5. The maximum absolute atomic E-state index is 12.5. The van der Waals surface area contributed by atoms with Crippen LogP contribution in [0.15, 0.2) is 54.9 Å². The zero-order valence-electron chi connectivity index (χ0n) is 14.6. The van der Waals surface area contributed by atoms with E-state index in [1.54, 1.807) is 53.6 Å². The molecule has 1 amide bonds. The fourth-order valence-corrected chi connectivity index (χ4v) is 2.74. The van der Waals surface area contributed by atoms with E-state index in [9.17, 15) is 4.79 Å². The van der Waals surface area contributed by atoms with Gasteiger partial charge in [-0.15, -0.1) is 0 Å². The first-order valence-electron chi connectivity index (χ1n) is 7.96. The molecule has 0 saturated carbocycles. The van der Waals surface area contributed by atoms with E-state index in [0.29, 0.717) is 32.9 Å². The predicted octanol–water partition coefficient (Wildman–Crippen LogP) is 4.89. The van der Waals surface area contributed by atoms with Crippen LogP contribution in [0.4, 0.5) is 11.5 Å². The van der Waals surface area contributed by atoms with Crippen molar-refractivity contribution >= 4 is 40.6 Å². The second-order valence-corrected chi connectivity index (χ2v) is 6.63. The highest BCUT2D eigenvalue weighted by Gasteiger charge is 2.14. The summed E-state index contributed by atoms with van der Waals surface area (Å²) in [7, 11) is 3.67. The van der Waals surface area contributed by atoms with Crippen LogP contribution in [0.5, 0.6) is 11.6 Å². The van der Waals surface area contributed by atoms with Crippen molar-refractivity contribution in [2.45, 2.75) is 0 Å². The van der Waals surface area contributed by atoms with Gasteiger partial charge in [-0.1, -0.05) is 23.2 Å². The molecule has 3 rings (SSSR count). The van der Waals surface area contributed by atoms with Gasteiger partial charge in [0.1, 0.15) is 16.6 Å². The summed E-state index contributed by atoms with van der Waals surface area (Å²) in [6, 6.07) is 11.9. The summed E-state index contributed by atoms with van der Waals surface area (Å²) < 4.78 is 5.63. The van der Waals surface area contributed by atoms with Gasteiger partial charge >= 0.3 is 0 Å². The number of halogens is 2. The molecule has 6 nitrogen and oxygen atoms in total. The Bertz CT molecular complexity index is 962. The number of amides is 1. The first-order chi connectivity index (χ1) is 12.9. The van der Waals surface area contributed by atoms with Crippen molar-refractivity contribution < 1.29 is 9.53 Å². The molecular formula is C19H16Cl2N4O2. The zero-order valence-corrected chi connectivity index (χ0v) is 16.1. The number of nitrogens with zero attached hydrogens (tertiary/aromatic N) is 3. The zero-order chi connectivity index (χ0) is 19.4. The van der Waals surface area contributed by atoms with Gasteiger partial charge < -0.3 is 15.0 Å². The largest absolute Gasteiger partial charge is 0.438 e. The van der Waals surface area contributed by atoms with E-state index in [2.05, 4.69) is 15.3 Å². The van der Waals surface area contributed by atoms with Gasteiger partial charge in [-0.05, 0) is 42.5 Å². The highest BCUT2D eigenvalue weighted by molar-refractivity contribution is 6.35. The van der Waals surface area contributed by atoms with Crippen molar-refractivity contribution in [1.82, 2.24) is 9.97 Å². The van der Waals surface area contributed by atoms with Crippen LogP contribution < -0.4 is 15.0 Å². The molecule has 2 aromatic heterocycles. The molecule has 0 aliphatic heterocycles. The van der Waals surface area contributed by atoms with Gasteiger partial charge in [0.2, 0.25) is 5.88 Å². The lowest BCUT2D eigenvalue weighted by molar-refractivity contribution is 0.102. The molecule has 0 atom stereocenters. The van der Waals surface area contributed by atoms with Crippen molar-refractivity contribution in [3.63, 3.8) is 0 Å². The number of pyridine rings is 2. The molecule has 27 heavy (non-hydrogen) atoms. The number of anilines is 2. The maximum atomic E-state index is 12.5. The Morgan fingerprint density at radius 1 is 1.11 bits per heavy atom.